The number of thioether (sulfide) groups is 1. The first kappa shape index (κ1) is 20.1. The SMILES string of the molecule is O=C(CSc1nnc(NC[C@H]2CCCO2)s1)Nc1cc(Cl)ccc1-n1cncn1. The molecule has 1 aromatic carbocycles. The lowest BCUT2D eigenvalue weighted by molar-refractivity contribution is -0.113. The second-order valence-electron chi connectivity index (χ2n) is 6.23. The smallest absolute Gasteiger partial charge is 0.234 e. The maximum absolute atomic E-state index is 12.4. The van der Waals surface area contributed by atoms with E-state index in [4.69, 9.17) is 16.3 Å². The second-order valence-corrected chi connectivity index (χ2v) is 8.86. The van der Waals surface area contributed by atoms with Gasteiger partial charge in [-0.1, -0.05) is 34.7 Å². The van der Waals surface area contributed by atoms with Gasteiger partial charge in [0.1, 0.15) is 12.7 Å². The maximum Gasteiger partial charge on any atom is 0.234 e. The first-order chi connectivity index (χ1) is 14.2. The average molecular weight is 452 g/mol. The Hall–Kier alpha value is -2.21. The summed E-state index contributed by atoms with van der Waals surface area (Å²) in [7, 11) is 0. The van der Waals surface area contributed by atoms with Crippen LogP contribution in [0.4, 0.5) is 10.8 Å². The van der Waals surface area contributed by atoms with Crippen LogP contribution in [0, 0.1) is 0 Å². The number of rotatable bonds is 8. The van der Waals surface area contributed by atoms with Gasteiger partial charge in [0.25, 0.3) is 0 Å². The molecule has 1 aliphatic heterocycles. The van der Waals surface area contributed by atoms with E-state index >= 15 is 0 Å². The molecule has 29 heavy (non-hydrogen) atoms. The maximum atomic E-state index is 12.4. The molecule has 9 nitrogen and oxygen atoms in total. The fourth-order valence-electron chi connectivity index (χ4n) is 2.80. The van der Waals surface area contributed by atoms with Crippen molar-refractivity contribution in [1.29, 1.82) is 0 Å². The highest BCUT2D eigenvalue weighted by molar-refractivity contribution is 8.01. The van der Waals surface area contributed by atoms with Crippen LogP contribution in [0.2, 0.25) is 5.02 Å². The van der Waals surface area contributed by atoms with Crippen molar-refractivity contribution >= 4 is 51.4 Å². The van der Waals surface area contributed by atoms with Gasteiger partial charge in [0.2, 0.25) is 11.0 Å². The highest BCUT2D eigenvalue weighted by Crippen LogP contribution is 2.27. The highest BCUT2D eigenvalue weighted by atomic mass is 35.5. The van der Waals surface area contributed by atoms with Crippen molar-refractivity contribution < 1.29 is 9.53 Å². The zero-order valence-electron chi connectivity index (χ0n) is 15.2. The van der Waals surface area contributed by atoms with E-state index in [9.17, 15) is 4.79 Å². The monoisotopic (exact) mass is 451 g/mol. The Labute approximate surface area is 180 Å². The summed E-state index contributed by atoms with van der Waals surface area (Å²) in [6.45, 7) is 1.55. The minimum absolute atomic E-state index is 0.178. The van der Waals surface area contributed by atoms with Crippen LogP contribution in [0.5, 0.6) is 0 Å². The summed E-state index contributed by atoms with van der Waals surface area (Å²) in [5.74, 6) is 0.0200. The summed E-state index contributed by atoms with van der Waals surface area (Å²) in [6.07, 6.45) is 5.38. The molecular formula is C17H18ClN7O2S2. The third kappa shape index (κ3) is 5.44. The number of carbonyl (C=O) groups excluding carboxylic acids is 1. The van der Waals surface area contributed by atoms with Crippen molar-refractivity contribution in [3.8, 4) is 5.69 Å². The normalized spacial score (nSPS) is 16.1. The zero-order chi connectivity index (χ0) is 20.1. The van der Waals surface area contributed by atoms with Crippen molar-refractivity contribution in [1.82, 2.24) is 25.0 Å². The summed E-state index contributed by atoms with van der Waals surface area (Å²) >= 11 is 8.83. The summed E-state index contributed by atoms with van der Waals surface area (Å²) in [5, 5.41) is 19.7. The number of hydrogen-bond acceptors (Lipinski definition) is 9. The van der Waals surface area contributed by atoms with Crippen LogP contribution in [0.25, 0.3) is 5.69 Å². The van der Waals surface area contributed by atoms with Crippen molar-refractivity contribution in [3.63, 3.8) is 0 Å². The molecule has 1 aliphatic rings. The molecule has 0 saturated carbocycles. The van der Waals surface area contributed by atoms with Crippen LogP contribution in [-0.4, -0.2) is 55.9 Å². The van der Waals surface area contributed by atoms with Gasteiger partial charge in [0.05, 0.1) is 23.2 Å². The topological polar surface area (TPSA) is 107 Å². The molecule has 152 valence electrons. The van der Waals surface area contributed by atoms with Crippen molar-refractivity contribution in [2.24, 2.45) is 0 Å². The molecular weight excluding hydrogens is 434 g/mol. The number of halogens is 1. The third-order valence-electron chi connectivity index (χ3n) is 4.14. The van der Waals surface area contributed by atoms with E-state index in [1.165, 1.54) is 29.4 Å². The number of hydrogen-bond donors (Lipinski definition) is 2. The molecule has 1 saturated heterocycles. The molecule has 1 fully saturated rings. The summed E-state index contributed by atoms with van der Waals surface area (Å²) in [6, 6.07) is 5.19. The van der Waals surface area contributed by atoms with Gasteiger partial charge in [0.15, 0.2) is 4.34 Å². The number of benzene rings is 1. The molecule has 0 aliphatic carbocycles. The Morgan fingerprint density at radius 3 is 3.14 bits per heavy atom. The van der Waals surface area contributed by atoms with Gasteiger partial charge < -0.3 is 15.4 Å². The van der Waals surface area contributed by atoms with Crippen LogP contribution in [0.3, 0.4) is 0 Å². The van der Waals surface area contributed by atoms with E-state index in [-0.39, 0.29) is 17.8 Å². The number of carbonyl (C=O) groups is 1. The number of nitrogens with zero attached hydrogens (tertiary/aromatic N) is 5. The average Bonchev–Trinajstić information content (AvgIpc) is 3.47. The molecule has 4 rings (SSSR count). The molecule has 1 atom stereocenters. The van der Waals surface area contributed by atoms with Crippen molar-refractivity contribution in [3.05, 3.63) is 35.9 Å². The van der Waals surface area contributed by atoms with Crippen LogP contribution in [0.15, 0.2) is 35.2 Å². The Kier molecular flexibility index (Phi) is 6.60. The third-order valence-corrected chi connectivity index (χ3v) is 6.39. The zero-order valence-corrected chi connectivity index (χ0v) is 17.6. The molecule has 0 radical (unpaired) electrons. The van der Waals surface area contributed by atoms with Gasteiger partial charge in [-0.15, -0.1) is 10.2 Å². The van der Waals surface area contributed by atoms with Crippen molar-refractivity contribution in [2.45, 2.75) is 23.3 Å². The Balaban J connectivity index is 1.31. The van der Waals surface area contributed by atoms with Gasteiger partial charge in [-0.25, -0.2) is 9.67 Å². The minimum atomic E-state index is -0.178. The van der Waals surface area contributed by atoms with Gasteiger partial charge in [-0.2, -0.15) is 5.10 Å². The Morgan fingerprint density at radius 2 is 2.34 bits per heavy atom. The van der Waals surface area contributed by atoms with Gasteiger partial charge >= 0.3 is 0 Å². The predicted molar refractivity (Wildman–Crippen MR) is 113 cm³/mol. The van der Waals surface area contributed by atoms with Gasteiger partial charge in [-0.05, 0) is 31.0 Å². The second kappa shape index (κ2) is 9.53. The van der Waals surface area contributed by atoms with E-state index in [1.54, 1.807) is 29.2 Å². The fourth-order valence-corrected chi connectivity index (χ4v) is 4.53. The predicted octanol–water partition coefficient (Wildman–Crippen LogP) is 3.09. The van der Waals surface area contributed by atoms with Crippen LogP contribution in [0.1, 0.15) is 12.8 Å². The Bertz CT molecular complexity index is 961. The molecule has 0 spiro atoms. The molecule has 2 aromatic heterocycles. The first-order valence-corrected chi connectivity index (χ1v) is 11.1. The number of aromatic nitrogens is 5. The highest BCUT2D eigenvalue weighted by Gasteiger charge is 2.16. The summed E-state index contributed by atoms with van der Waals surface area (Å²) in [4.78, 5) is 16.4. The molecule has 2 N–H and O–H groups in total. The number of anilines is 2. The molecule has 12 heteroatoms. The van der Waals surface area contributed by atoms with E-state index in [2.05, 4.69) is 30.9 Å². The number of ether oxygens (including phenoxy) is 1. The van der Waals surface area contributed by atoms with Crippen LogP contribution >= 0.6 is 34.7 Å². The molecule has 0 bridgehead atoms. The lowest BCUT2D eigenvalue weighted by Gasteiger charge is -2.11. The van der Waals surface area contributed by atoms with Crippen LogP contribution < -0.4 is 10.6 Å². The quantitative estimate of drug-likeness (QED) is 0.503. The molecule has 0 unspecified atom stereocenters. The lowest BCUT2D eigenvalue weighted by atomic mass is 10.2. The molecule has 1 amide bonds. The van der Waals surface area contributed by atoms with Crippen molar-refractivity contribution in [2.75, 3.05) is 29.5 Å². The standard InChI is InChI=1S/C17H18ClN7O2S2/c18-11-3-4-14(25-10-19-9-21-25)13(6-11)22-15(26)8-28-17-24-23-16(29-17)20-7-12-2-1-5-27-12/h3-4,6,9-10,12H,1-2,5,7-8H2,(H,20,23)(H,22,26)/t12-/m1/s1. The van der Waals surface area contributed by atoms with Gasteiger partial charge in [-0.3, -0.25) is 4.79 Å². The van der Waals surface area contributed by atoms with Gasteiger partial charge in [0, 0.05) is 18.2 Å². The largest absolute Gasteiger partial charge is 0.376 e. The minimum Gasteiger partial charge on any atom is -0.376 e. The summed E-state index contributed by atoms with van der Waals surface area (Å²) < 4.78 is 7.86. The van der Waals surface area contributed by atoms with E-state index in [0.717, 1.165) is 35.5 Å². The fraction of sp³-hybridized carbons (Fsp3) is 0.353. The van der Waals surface area contributed by atoms with Crippen LogP contribution in [-0.2, 0) is 9.53 Å². The summed E-state index contributed by atoms with van der Waals surface area (Å²) in [5.41, 5.74) is 1.24. The number of amides is 1. The number of nitrogens with one attached hydrogen (secondary N) is 2. The van der Waals surface area contributed by atoms with E-state index in [0.29, 0.717) is 16.4 Å². The van der Waals surface area contributed by atoms with E-state index < -0.39 is 0 Å². The Morgan fingerprint density at radius 1 is 1.41 bits per heavy atom. The first-order valence-electron chi connectivity index (χ1n) is 8.93. The molecule has 3 aromatic rings. The van der Waals surface area contributed by atoms with E-state index in [1.807, 2.05) is 0 Å². The molecule has 3 heterocycles. The lowest BCUT2D eigenvalue weighted by Crippen LogP contribution is -2.18.